The molecular formula is C11H20O. The van der Waals surface area contributed by atoms with Crippen molar-refractivity contribution in [2.45, 2.75) is 45.1 Å². The zero-order valence-electron chi connectivity index (χ0n) is 8.05. The molecule has 0 radical (unpaired) electrons. The molecule has 0 atom stereocenters. The van der Waals surface area contributed by atoms with E-state index in [0.717, 1.165) is 18.4 Å². The number of hydrogen-bond acceptors (Lipinski definition) is 1. The average Bonchev–Trinajstić information content (AvgIpc) is 2.07. The van der Waals surface area contributed by atoms with Gasteiger partial charge in [0.15, 0.2) is 0 Å². The Hall–Kier alpha value is -0.560. The molecule has 1 aliphatic carbocycles. The van der Waals surface area contributed by atoms with Crippen molar-refractivity contribution < 1.29 is 5.11 Å². The number of aliphatic hydroxyl groups excluding tert-OH is 1. The lowest BCUT2D eigenvalue weighted by atomic mass is 9.98. The van der Waals surface area contributed by atoms with Crippen molar-refractivity contribution in [3.63, 3.8) is 0 Å². The van der Waals surface area contributed by atoms with Crippen LogP contribution in [0.1, 0.15) is 39.0 Å². The third kappa shape index (κ3) is 7.55. The molecule has 0 aromatic heterocycles. The third-order valence-electron chi connectivity index (χ3n) is 1.92. The first kappa shape index (κ1) is 11.4. The molecule has 0 aromatic rings. The molecule has 0 unspecified atom stereocenters. The third-order valence-corrected chi connectivity index (χ3v) is 1.92. The highest BCUT2D eigenvalue weighted by atomic mass is 16.3. The van der Waals surface area contributed by atoms with Crippen LogP contribution in [0.4, 0.5) is 0 Å². The summed E-state index contributed by atoms with van der Waals surface area (Å²) in [6.45, 7) is 8.93. The van der Waals surface area contributed by atoms with Gasteiger partial charge in [0, 0.05) is 0 Å². The SMILES string of the molecule is C=CC(=C)C.OC1CCCCC1. The Morgan fingerprint density at radius 2 is 1.75 bits per heavy atom. The highest BCUT2D eigenvalue weighted by Crippen LogP contribution is 2.16. The number of aliphatic hydroxyl groups is 1. The Bertz CT molecular complexity index is 132. The van der Waals surface area contributed by atoms with E-state index in [1.165, 1.54) is 19.3 Å². The van der Waals surface area contributed by atoms with E-state index in [9.17, 15) is 0 Å². The van der Waals surface area contributed by atoms with Crippen LogP contribution in [0.2, 0.25) is 0 Å². The molecule has 1 fully saturated rings. The molecule has 0 saturated heterocycles. The van der Waals surface area contributed by atoms with Gasteiger partial charge in [0.25, 0.3) is 0 Å². The van der Waals surface area contributed by atoms with E-state index in [2.05, 4.69) is 13.2 Å². The van der Waals surface area contributed by atoms with Gasteiger partial charge < -0.3 is 5.11 Å². The van der Waals surface area contributed by atoms with Crippen LogP contribution in [0.25, 0.3) is 0 Å². The smallest absolute Gasteiger partial charge is 0.0540 e. The Labute approximate surface area is 75.8 Å². The van der Waals surface area contributed by atoms with E-state index >= 15 is 0 Å². The summed E-state index contributed by atoms with van der Waals surface area (Å²) < 4.78 is 0. The molecule has 0 heterocycles. The molecular weight excluding hydrogens is 148 g/mol. The fourth-order valence-electron chi connectivity index (χ4n) is 1.08. The lowest BCUT2D eigenvalue weighted by Gasteiger charge is -2.14. The van der Waals surface area contributed by atoms with Crippen LogP contribution in [-0.4, -0.2) is 11.2 Å². The van der Waals surface area contributed by atoms with E-state index in [0.29, 0.717) is 0 Å². The quantitative estimate of drug-likeness (QED) is 0.597. The fourth-order valence-corrected chi connectivity index (χ4v) is 1.08. The lowest BCUT2D eigenvalue weighted by Crippen LogP contribution is -2.09. The second-order valence-electron chi connectivity index (χ2n) is 3.34. The summed E-state index contributed by atoms with van der Waals surface area (Å²) in [6.07, 6.45) is 7.65. The zero-order chi connectivity index (χ0) is 9.40. The average molecular weight is 168 g/mol. The predicted molar refractivity (Wildman–Crippen MR) is 54.1 cm³/mol. The van der Waals surface area contributed by atoms with Gasteiger partial charge >= 0.3 is 0 Å². The lowest BCUT2D eigenvalue weighted by molar-refractivity contribution is 0.130. The number of rotatable bonds is 1. The molecule has 0 spiro atoms. The normalized spacial score (nSPS) is 17.5. The maximum atomic E-state index is 8.91. The van der Waals surface area contributed by atoms with Crippen LogP contribution < -0.4 is 0 Å². The van der Waals surface area contributed by atoms with Crippen molar-refractivity contribution in [2.75, 3.05) is 0 Å². The standard InChI is InChI=1S/C6H12O.C5H8/c7-6-4-2-1-3-5-6;1-4-5(2)3/h6-7H,1-5H2;4H,1-2H2,3H3. The van der Waals surface area contributed by atoms with Crippen LogP contribution in [0.3, 0.4) is 0 Å². The Balaban J connectivity index is 0.000000217. The van der Waals surface area contributed by atoms with Crippen LogP contribution in [-0.2, 0) is 0 Å². The maximum Gasteiger partial charge on any atom is 0.0540 e. The minimum Gasteiger partial charge on any atom is -0.393 e. The van der Waals surface area contributed by atoms with Gasteiger partial charge in [-0.3, -0.25) is 0 Å². The second-order valence-corrected chi connectivity index (χ2v) is 3.34. The van der Waals surface area contributed by atoms with Crippen molar-refractivity contribution >= 4 is 0 Å². The molecule has 70 valence electrons. The van der Waals surface area contributed by atoms with Crippen molar-refractivity contribution in [3.05, 3.63) is 24.8 Å². The van der Waals surface area contributed by atoms with Gasteiger partial charge in [0.05, 0.1) is 6.10 Å². The summed E-state index contributed by atoms with van der Waals surface area (Å²) in [4.78, 5) is 0. The molecule has 1 nitrogen and oxygen atoms in total. The van der Waals surface area contributed by atoms with E-state index in [-0.39, 0.29) is 6.10 Å². The minimum atomic E-state index is 0.0359. The molecule has 1 rings (SSSR count). The number of hydrogen-bond donors (Lipinski definition) is 1. The van der Waals surface area contributed by atoms with Crippen LogP contribution >= 0.6 is 0 Å². The van der Waals surface area contributed by atoms with E-state index in [1.807, 2.05) is 6.92 Å². The van der Waals surface area contributed by atoms with Crippen LogP contribution in [0.15, 0.2) is 24.8 Å². The first-order valence-electron chi connectivity index (χ1n) is 4.63. The van der Waals surface area contributed by atoms with Crippen LogP contribution in [0, 0.1) is 0 Å². The minimum absolute atomic E-state index is 0.0359. The van der Waals surface area contributed by atoms with Crippen molar-refractivity contribution in [3.8, 4) is 0 Å². The Morgan fingerprint density at radius 1 is 1.33 bits per heavy atom. The molecule has 0 aromatic carbocycles. The Kier molecular flexibility index (Phi) is 6.78. The summed E-state index contributed by atoms with van der Waals surface area (Å²) in [5, 5.41) is 8.91. The van der Waals surface area contributed by atoms with E-state index < -0.39 is 0 Å². The van der Waals surface area contributed by atoms with Gasteiger partial charge in [0.2, 0.25) is 0 Å². The van der Waals surface area contributed by atoms with Crippen LogP contribution in [0.5, 0.6) is 0 Å². The molecule has 0 aliphatic heterocycles. The van der Waals surface area contributed by atoms with Gasteiger partial charge in [-0.05, 0) is 19.8 Å². The van der Waals surface area contributed by atoms with Gasteiger partial charge in [-0.25, -0.2) is 0 Å². The molecule has 1 aliphatic rings. The highest BCUT2D eigenvalue weighted by Gasteiger charge is 2.07. The first-order valence-corrected chi connectivity index (χ1v) is 4.63. The molecule has 0 amide bonds. The second kappa shape index (κ2) is 7.11. The molecule has 12 heavy (non-hydrogen) atoms. The molecule has 0 bridgehead atoms. The van der Waals surface area contributed by atoms with Gasteiger partial charge in [-0.1, -0.05) is 44.1 Å². The summed E-state index contributed by atoms with van der Waals surface area (Å²) in [7, 11) is 0. The van der Waals surface area contributed by atoms with Crippen molar-refractivity contribution in [1.82, 2.24) is 0 Å². The summed E-state index contributed by atoms with van der Waals surface area (Å²) in [6, 6.07) is 0. The van der Waals surface area contributed by atoms with E-state index in [1.54, 1.807) is 6.08 Å². The summed E-state index contributed by atoms with van der Waals surface area (Å²) >= 11 is 0. The molecule has 1 N–H and O–H groups in total. The largest absolute Gasteiger partial charge is 0.393 e. The maximum absolute atomic E-state index is 8.91. The highest BCUT2D eigenvalue weighted by molar-refractivity contribution is 5.05. The first-order chi connectivity index (χ1) is 5.66. The van der Waals surface area contributed by atoms with E-state index in [4.69, 9.17) is 5.11 Å². The van der Waals surface area contributed by atoms with Crippen molar-refractivity contribution in [2.24, 2.45) is 0 Å². The monoisotopic (exact) mass is 168 g/mol. The van der Waals surface area contributed by atoms with Crippen molar-refractivity contribution in [1.29, 1.82) is 0 Å². The summed E-state index contributed by atoms with van der Waals surface area (Å²) in [5.74, 6) is 0. The fraction of sp³-hybridized carbons (Fsp3) is 0.636. The number of allylic oxidation sites excluding steroid dienone is 2. The molecule has 1 saturated carbocycles. The van der Waals surface area contributed by atoms with Gasteiger partial charge in [0.1, 0.15) is 0 Å². The molecule has 1 heteroatoms. The van der Waals surface area contributed by atoms with Gasteiger partial charge in [-0.15, -0.1) is 0 Å². The zero-order valence-corrected chi connectivity index (χ0v) is 8.05. The predicted octanol–water partition coefficient (Wildman–Crippen LogP) is 3.06. The Morgan fingerprint density at radius 3 is 1.92 bits per heavy atom. The topological polar surface area (TPSA) is 20.2 Å². The van der Waals surface area contributed by atoms with Gasteiger partial charge in [-0.2, -0.15) is 0 Å². The summed E-state index contributed by atoms with van der Waals surface area (Å²) in [5.41, 5.74) is 1.02.